The van der Waals surface area contributed by atoms with Crippen LogP contribution in [0.2, 0.25) is 0 Å². The summed E-state index contributed by atoms with van der Waals surface area (Å²) in [4.78, 5) is 26.5. The number of furan rings is 1. The lowest BCUT2D eigenvalue weighted by molar-refractivity contribution is -0.141. The molecule has 1 aliphatic heterocycles. The summed E-state index contributed by atoms with van der Waals surface area (Å²) >= 11 is 0. The molecule has 36 heavy (non-hydrogen) atoms. The molecule has 6 rings (SSSR count). The average Bonchev–Trinajstić information content (AvgIpc) is 3.40. The van der Waals surface area contributed by atoms with Gasteiger partial charge in [0.1, 0.15) is 30.0 Å². The predicted octanol–water partition coefficient (Wildman–Crippen LogP) is 6.29. The van der Waals surface area contributed by atoms with Gasteiger partial charge in [-0.3, -0.25) is 9.59 Å². The summed E-state index contributed by atoms with van der Waals surface area (Å²) in [5.41, 5.74) is 3.93. The molecule has 1 saturated heterocycles. The number of carbonyl (C=O) groups excluding carboxylic acids is 2. The van der Waals surface area contributed by atoms with E-state index in [0.29, 0.717) is 52.7 Å². The van der Waals surface area contributed by atoms with Gasteiger partial charge in [0, 0.05) is 22.3 Å². The van der Waals surface area contributed by atoms with Crippen molar-refractivity contribution in [3.05, 3.63) is 76.9 Å². The maximum Gasteiger partial charge on any atom is 0.237 e. The Bertz CT molecular complexity index is 1540. The Labute approximate surface area is 208 Å². The van der Waals surface area contributed by atoms with E-state index in [1.807, 2.05) is 82.3 Å². The summed E-state index contributed by atoms with van der Waals surface area (Å²) in [6.07, 6.45) is -0.123. The monoisotopic (exact) mass is 482 g/mol. The van der Waals surface area contributed by atoms with Gasteiger partial charge in [-0.1, -0.05) is 24.3 Å². The molecule has 0 saturated carbocycles. The SMILES string of the molecule is Cc1c(-c2ccc(OCC3COC(C)(C)O3)cc2)oc2c1C(=O)C(=O)c1c-2ccc2c(C)cccc12. The minimum absolute atomic E-state index is 0.123. The maximum absolute atomic E-state index is 13.2. The van der Waals surface area contributed by atoms with E-state index in [1.165, 1.54) is 0 Å². The van der Waals surface area contributed by atoms with Crippen LogP contribution in [-0.2, 0) is 9.47 Å². The van der Waals surface area contributed by atoms with Gasteiger partial charge >= 0.3 is 0 Å². The van der Waals surface area contributed by atoms with Gasteiger partial charge in [0.2, 0.25) is 11.6 Å². The van der Waals surface area contributed by atoms with Crippen molar-refractivity contribution in [2.75, 3.05) is 13.2 Å². The van der Waals surface area contributed by atoms with E-state index < -0.39 is 17.4 Å². The van der Waals surface area contributed by atoms with Crippen LogP contribution in [0.3, 0.4) is 0 Å². The van der Waals surface area contributed by atoms with Gasteiger partial charge in [-0.25, -0.2) is 0 Å². The van der Waals surface area contributed by atoms with Crippen LogP contribution in [0, 0.1) is 13.8 Å². The number of ether oxygens (including phenoxy) is 3. The fourth-order valence-corrected chi connectivity index (χ4v) is 5.16. The van der Waals surface area contributed by atoms with Gasteiger partial charge in [-0.05, 0) is 74.4 Å². The van der Waals surface area contributed by atoms with Crippen LogP contribution in [0.25, 0.3) is 33.4 Å². The first-order valence-electron chi connectivity index (χ1n) is 12.0. The fraction of sp³-hybridized carbons (Fsp3) is 0.267. The maximum atomic E-state index is 13.2. The molecule has 6 heteroatoms. The molecule has 1 unspecified atom stereocenters. The van der Waals surface area contributed by atoms with E-state index in [1.54, 1.807) is 0 Å². The van der Waals surface area contributed by atoms with Gasteiger partial charge in [0.25, 0.3) is 0 Å². The average molecular weight is 483 g/mol. The predicted molar refractivity (Wildman–Crippen MR) is 136 cm³/mol. The molecular formula is C30H26O6. The summed E-state index contributed by atoms with van der Waals surface area (Å²) in [6.45, 7) is 8.46. The minimum Gasteiger partial charge on any atom is -0.491 e. The lowest BCUT2D eigenvalue weighted by Crippen LogP contribution is -2.25. The van der Waals surface area contributed by atoms with E-state index in [0.717, 1.165) is 21.9 Å². The van der Waals surface area contributed by atoms with E-state index >= 15 is 0 Å². The molecule has 2 heterocycles. The summed E-state index contributed by atoms with van der Waals surface area (Å²) in [6, 6.07) is 17.1. The van der Waals surface area contributed by atoms with Gasteiger partial charge in [-0.2, -0.15) is 0 Å². The number of ketones is 2. The highest BCUT2D eigenvalue weighted by Gasteiger charge is 2.37. The minimum atomic E-state index is -0.587. The Balaban J connectivity index is 1.34. The van der Waals surface area contributed by atoms with Crippen molar-refractivity contribution in [3.63, 3.8) is 0 Å². The Kier molecular flexibility index (Phi) is 5.14. The lowest BCUT2D eigenvalue weighted by atomic mass is 9.83. The van der Waals surface area contributed by atoms with Crippen LogP contribution in [0.5, 0.6) is 5.75 Å². The molecule has 0 amide bonds. The van der Waals surface area contributed by atoms with E-state index in [-0.39, 0.29) is 6.10 Å². The van der Waals surface area contributed by atoms with Crippen LogP contribution in [0.15, 0.2) is 59.0 Å². The molecule has 1 aliphatic carbocycles. The lowest BCUT2D eigenvalue weighted by Gasteiger charge is -2.17. The Morgan fingerprint density at radius 1 is 0.889 bits per heavy atom. The molecule has 2 aliphatic rings. The van der Waals surface area contributed by atoms with Crippen molar-refractivity contribution < 1.29 is 28.2 Å². The molecule has 182 valence electrons. The van der Waals surface area contributed by atoms with Crippen molar-refractivity contribution in [2.24, 2.45) is 0 Å². The van der Waals surface area contributed by atoms with Crippen molar-refractivity contribution >= 4 is 22.3 Å². The number of carbonyl (C=O) groups is 2. The van der Waals surface area contributed by atoms with Crippen LogP contribution >= 0.6 is 0 Å². The Morgan fingerprint density at radius 3 is 2.36 bits per heavy atom. The van der Waals surface area contributed by atoms with Crippen LogP contribution in [0.1, 0.15) is 45.7 Å². The number of rotatable bonds is 4. The van der Waals surface area contributed by atoms with Crippen molar-refractivity contribution in [1.29, 1.82) is 0 Å². The van der Waals surface area contributed by atoms with Crippen LogP contribution in [-0.4, -0.2) is 36.7 Å². The second-order valence-corrected chi connectivity index (χ2v) is 9.86. The largest absolute Gasteiger partial charge is 0.491 e. The smallest absolute Gasteiger partial charge is 0.237 e. The molecule has 0 radical (unpaired) electrons. The first-order valence-corrected chi connectivity index (χ1v) is 12.0. The third kappa shape index (κ3) is 3.56. The molecule has 1 aromatic heterocycles. The summed E-state index contributed by atoms with van der Waals surface area (Å²) in [7, 11) is 0. The quantitative estimate of drug-likeness (QED) is 0.318. The van der Waals surface area contributed by atoms with E-state index in [9.17, 15) is 9.59 Å². The third-order valence-corrected chi connectivity index (χ3v) is 6.95. The Morgan fingerprint density at radius 2 is 1.64 bits per heavy atom. The summed E-state index contributed by atoms with van der Waals surface area (Å²) in [5, 5.41) is 1.73. The zero-order valence-electron chi connectivity index (χ0n) is 20.6. The molecule has 1 fully saturated rings. The molecule has 6 nitrogen and oxygen atoms in total. The summed E-state index contributed by atoms with van der Waals surface area (Å²) in [5.74, 6) is 0.108. The number of fused-ring (bicyclic) bond motifs is 5. The van der Waals surface area contributed by atoms with Gasteiger partial charge in [0.15, 0.2) is 5.79 Å². The number of hydrogen-bond donors (Lipinski definition) is 0. The molecule has 4 aromatic rings. The van der Waals surface area contributed by atoms with Gasteiger partial charge < -0.3 is 18.6 Å². The fourth-order valence-electron chi connectivity index (χ4n) is 5.16. The first kappa shape index (κ1) is 22.7. The zero-order chi connectivity index (χ0) is 25.2. The molecule has 3 aromatic carbocycles. The van der Waals surface area contributed by atoms with Crippen LogP contribution < -0.4 is 4.74 Å². The number of aryl methyl sites for hydroxylation is 1. The second-order valence-electron chi connectivity index (χ2n) is 9.86. The van der Waals surface area contributed by atoms with E-state index in [2.05, 4.69) is 0 Å². The first-order chi connectivity index (χ1) is 17.2. The summed E-state index contributed by atoms with van der Waals surface area (Å²) < 4.78 is 23.5. The molecule has 1 atom stereocenters. The molecular weight excluding hydrogens is 456 g/mol. The van der Waals surface area contributed by atoms with Crippen molar-refractivity contribution in [1.82, 2.24) is 0 Å². The van der Waals surface area contributed by atoms with Crippen molar-refractivity contribution in [3.8, 4) is 28.4 Å². The number of hydrogen-bond acceptors (Lipinski definition) is 6. The second kappa shape index (κ2) is 8.15. The molecule has 0 N–H and O–H groups in total. The molecule has 0 spiro atoms. The van der Waals surface area contributed by atoms with Gasteiger partial charge in [-0.15, -0.1) is 0 Å². The molecule has 0 bridgehead atoms. The number of benzene rings is 3. The highest BCUT2D eigenvalue weighted by Crippen LogP contribution is 2.44. The standard InChI is InChI=1S/C30H26O6/c1-16-6-5-7-22-21(16)12-13-23-25(22)27(32)26(31)24-17(2)28(35-29(23)24)18-8-10-19(11-9-18)33-14-20-15-34-30(3,4)36-20/h5-13,20H,14-15H2,1-4H3. The zero-order valence-corrected chi connectivity index (χ0v) is 20.6. The third-order valence-electron chi connectivity index (χ3n) is 6.95. The number of Topliss-reactive ketones (excluding diaryl/α,β-unsaturated/α-hetero) is 2. The highest BCUT2D eigenvalue weighted by atomic mass is 16.7. The Hall–Kier alpha value is -3.74. The normalized spacial score (nSPS) is 18.4. The van der Waals surface area contributed by atoms with Gasteiger partial charge in [0.05, 0.1) is 12.2 Å². The topological polar surface area (TPSA) is 75.0 Å². The van der Waals surface area contributed by atoms with E-state index in [4.69, 9.17) is 18.6 Å². The van der Waals surface area contributed by atoms with Crippen LogP contribution in [0.4, 0.5) is 0 Å². The van der Waals surface area contributed by atoms with Crippen molar-refractivity contribution in [2.45, 2.75) is 39.6 Å². The highest BCUT2D eigenvalue weighted by molar-refractivity contribution is 6.54.